The highest BCUT2D eigenvalue weighted by atomic mass is 16.6. The number of carbonyl (C=O) groups excluding carboxylic acids is 7. The van der Waals surface area contributed by atoms with Crippen LogP contribution in [-0.4, -0.2) is 138 Å². The molecular weight excluding hydrogens is 995 g/mol. The van der Waals surface area contributed by atoms with Crippen molar-refractivity contribution < 1.29 is 52.5 Å². The van der Waals surface area contributed by atoms with E-state index in [1.165, 1.54) is 14.2 Å². The molecule has 3 aromatic rings. The van der Waals surface area contributed by atoms with Gasteiger partial charge in [-0.25, -0.2) is 9.59 Å². The number of rotatable bonds is 24. The van der Waals surface area contributed by atoms with E-state index in [0.29, 0.717) is 37.9 Å². The Labute approximate surface area is 461 Å². The van der Waals surface area contributed by atoms with Gasteiger partial charge in [0.1, 0.15) is 30.3 Å². The molecule has 3 fully saturated rings. The lowest BCUT2D eigenvalue weighted by Crippen LogP contribution is -2.61. The highest BCUT2D eigenvalue weighted by Crippen LogP contribution is 2.43. The number of amides is 7. The maximum Gasteiger partial charge on any atom is 0.411 e. The SMILES string of the molecule is CC[C@H](C)[C@@H]([C@@H](CC(=O)N1CCC[C@H]1[C@H](OC)[C@@H](C)C(=O)N[C@@H](Cc1ccccc1)C(=O)Nc1ccc(CNC(=O)OCc2ccccc2)cc1)OC)N(C)C(=O)[C@@H](NC(=O)[C@@H]1[C@H]2CC[C@H](C2)N1C(=O)OC(C)(C)C)C(C)C. The van der Waals surface area contributed by atoms with Gasteiger partial charge in [0.2, 0.25) is 29.5 Å². The van der Waals surface area contributed by atoms with Gasteiger partial charge in [-0.3, -0.25) is 28.9 Å². The van der Waals surface area contributed by atoms with Gasteiger partial charge in [0.05, 0.1) is 36.6 Å². The molecule has 3 aromatic carbocycles. The summed E-state index contributed by atoms with van der Waals surface area (Å²) < 4.78 is 23.3. The number of hydrogen-bond donors (Lipinski definition) is 4. The summed E-state index contributed by atoms with van der Waals surface area (Å²) in [5, 5.41) is 11.7. The zero-order valence-electron chi connectivity index (χ0n) is 47.6. The summed E-state index contributed by atoms with van der Waals surface area (Å²) in [4.78, 5) is 103. The molecule has 1 saturated carbocycles. The lowest BCUT2D eigenvalue weighted by molar-refractivity contribution is -0.148. The first-order valence-corrected chi connectivity index (χ1v) is 27.8. The number of nitrogens with zero attached hydrogens (tertiary/aromatic N) is 3. The van der Waals surface area contributed by atoms with Crippen LogP contribution in [0.3, 0.4) is 0 Å². The summed E-state index contributed by atoms with van der Waals surface area (Å²) in [5.74, 6) is -3.04. The van der Waals surface area contributed by atoms with Crippen LogP contribution in [0.4, 0.5) is 15.3 Å². The van der Waals surface area contributed by atoms with Crippen LogP contribution in [0, 0.1) is 23.7 Å². The molecular formula is C60H85N7O11. The average molecular weight is 1080 g/mol. The number of fused-ring (bicyclic) bond motifs is 2. The third-order valence-corrected chi connectivity index (χ3v) is 15.7. The van der Waals surface area contributed by atoms with Gasteiger partial charge < -0.3 is 50.0 Å². The van der Waals surface area contributed by atoms with Crippen molar-refractivity contribution in [1.29, 1.82) is 0 Å². The van der Waals surface area contributed by atoms with Crippen molar-refractivity contribution in [2.24, 2.45) is 23.7 Å². The molecule has 1 aliphatic carbocycles. The van der Waals surface area contributed by atoms with Crippen LogP contribution in [-0.2, 0) is 62.5 Å². The lowest BCUT2D eigenvalue weighted by Gasteiger charge is -2.41. The molecule has 0 unspecified atom stereocenters. The van der Waals surface area contributed by atoms with E-state index in [9.17, 15) is 33.6 Å². The van der Waals surface area contributed by atoms with E-state index in [4.69, 9.17) is 18.9 Å². The maximum atomic E-state index is 14.7. The van der Waals surface area contributed by atoms with E-state index in [1.807, 2.05) is 88.4 Å². The fraction of sp³-hybridized carbons (Fsp3) is 0.583. The molecule has 18 nitrogen and oxygen atoms in total. The van der Waals surface area contributed by atoms with Crippen LogP contribution < -0.4 is 21.3 Å². The number of likely N-dealkylation sites (tertiary alicyclic amines) is 2. The molecule has 78 heavy (non-hydrogen) atoms. The van der Waals surface area contributed by atoms with Gasteiger partial charge in [-0.1, -0.05) is 114 Å². The number of ether oxygens (including phenoxy) is 4. The third kappa shape index (κ3) is 15.8. The number of carbonyl (C=O) groups is 7. The Hall–Kier alpha value is -6.53. The summed E-state index contributed by atoms with van der Waals surface area (Å²) >= 11 is 0. The molecule has 2 saturated heterocycles. The summed E-state index contributed by atoms with van der Waals surface area (Å²) in [6, 6.07) is 22.0. The largest absolute Gasteiger partial charge is 0.445 e. The molecule has 7 amide bonds. The minimum absolute atomic E-state index is 0.0367. The number of hydrogen-bond acceptors (Lipinski definition) is 11. The number of methoxy groups -OCH3 is 2. The molecule has 426 valence electrons. The first-order chi connectivity index (χ1) is 37.1. The standard InChI is InChI=1S/C60H85N7O11/c1-12-38(4)51(65(9)57(72)50(37(2)3)64-56(71)52-43-27-30-45(33-43)67(52)59(74)78-60(6,7)8)48(75-10)34-49(68)66-31-19-24-47(66)53(76-11)39(5)54(69)63-46(32-40-20-15-13-16-21-40)55(70)62-44-28-25-41(26-29-44)35-61-58(73)77-36-42-22-17-14-18-23-42/h13-18,20-23,25-26,28-29,37-39,43,45-48,50-53H,12,19,24,27,30-36H2,1-11H3,(H,61,73)(H,62,70)(H,63,69)(H,64,71)/t38-,39+,43-,45+,46-,47-,48+,50-,51-,52-,53+/m0/s1. The monoisotopic (exact) mass is 1080 g/mol. The van der Waals surface area contributed by atoms with Gasteiger partial charge >= 0.3 is 12.2 Å². The third-order valence-electron chi connectivity index (χ3n) is 15.7. The Morgan fingerprint density at radius 2 is 1.44 bits per heavy atom. The predicted molar refractivity (Wildman–Crippen MR) is 296 cm³/mol. The van der Waals surface area contributed by atoms with Crippen molar-refractivity contribution >= 4 is 47.4 Å². The summed E-state index contributed by atoms with van der Waals surface area (Å²) in [6.45, 7) is 15.7. The van der Waals surface area contributed by atoms with Crippen LogP contribution in [0.1, 0.15) is 117 Å². The molecule has 0 radical (unpaired) electrons. The van der Waals surface area contributed by atoms with Gasteiger partial charge in [0, 0.05) is 52.5 Å². The van der Waals surface area contributed by atoms with Gasteiger partial charge in [-0.05, 0) is 99.5 Å². The molecule has 4 N–H and O–H groups in total. The second-order valence-corrected chi connectivity index (χ2v) is 22.7. The molecule has 3 aliphatic rings. The summed E-state index contributed by atoms with van der Waals surface area (Å²) in [7, 11) is 4.74. The molecule has 0 aromatic heterocycles. The number of anilines is 1. The molecule has 6 rings (SSSR count). The van der Waals surface area contributed by atoms with Crippen molar-refractivity contribution in [3.05, 3.63) is 102 Å². The van der Waals surface area contributed by atoms with E-state index in [0.717, 1.165) is 29.5 Å². The van der Waals surface area contributed by atoms with Crippen molar-refractivity contribution in [2.75, 3.05) is 33.1 Å². The minimum Gasteiger partial charge on any atom is -0.445 e. The Kier molecular flexibility index (Phi) is 21.7. The highest BCUT2D eigenvalue weighted by Gasteiger charge is 2.53. The predicted octanol–water partition coefficient (Wildman–Crippen LogP) is 7.63. The van der Waals surface area contributed by atoms with E-state index in [-0.39, 0.29) is 67.5 Å². The maximum absolute atomic E-state index is 14.7. The first kappa shape index (κ1) is 60.7. The Morgan fingerprint density at radius 1 is 0.782 bits per heavy atom. The minimum atomic E-state index is -0.977. The van der Waals surface area contributed by atoms with Crippen LogP contribution >= 0.6 is 0 Å². The van der Waals surface area contributed by atoms with E-state index in [2.05, 4.69) is 21.3 Å². The number of nitrogens with one attached hydrogen (secondary N) is 4. The van der Waals surface area contributed by atoms with Crippen molar-refractivity contribution in [3.63, 3.8) is 0 Å². The van der Waals surface area contributed by atoms with Crippen LogP contribution in [0.5, 0.6) is 0 Å². The molecule has 0 spiro atoms. The van der Waals surface area contributed by atoms with E-state index >= 15 is 0 Å². The smallest absolute Gasteiger partial charge is 0.411 e. The molecule has 11 atom stereocenters. The normalized spacial score (nSPS) is 20.6. The summed E-state index contributed by atoms with van der Waals surface area (Å²) in [6.07, 6.45) is 1.80. The summed E-state index contributed by atoms with van der Waals surface area (Å²) in [5.41, 5.74) is 2.25. The van der Waals surface area contributed by atoms with E-state index < -0.39 is 77.9 Å². The number of alkyl carbamates (subject to hydrolysis) is 1. The zero-order valence-corrected chi connectivity index (χ0v) is 47.6. The Morgan fingerprint density at radius 3 is 2.04 bits per heavy atom. The second-order valence-electron chi connectivity index (χ2n) is 22.7. The van der Waals surface area contributed by atoms with Gasteiger partial charge in [-0.15, -0.1) is 0 Å². The van der Waals surface area contributed by atoms with E-state index in [1.54, 1.807) is 73.7 Å². The number of likely N-dealkylation sites (N-methyl/N-ethyl adjacent to an activating group) is 1. The molecule has 18 heteroatoms. The van der Waals surface area contributed by atoms with Gasteiger partial charge in [0.15, 0.2) is 0 Å². The quantitative estimate of drug-likeness (QED) is 0.0685. The van der Waals surface area contributed by atoms with Crippen molar-refractivity contribution in [3.8, 4) is 0 Å². The molecule has 2 bridgehead atoms. The van der Waals surface area contributed by atoms with Crippen molar-refractivity contribution in [1.82, 2.24) is 30.7 Å². The van der Waals surface area contributed by atoms with Gasteiger partial charge in [0.25, 0.3) is 0 Å². The Balaban J connectivity index is 1.09. The second kappa shape index (κ2) is 27.9. The Bertz CT molecular complexity index is 2490. The fourth-order valence-corrected chi connectivity index (χ4v) is 11.4. The van der Waals surface area contributed by atoms with Crippen LogP contribution in [0.15, 0.2) is 84.9 Å². The number of benzene rings is 3. The fourth-order valence-electron chi connectivity index (χ4n) is 11.4. The van der Waals surface area contributed by atoms with Crippen molar-refractivity contribution in [2.45, 2.75) is 174 Å². The average Bonchev–Trinajstić information content (AvgIpc) is 4.28. The lowest BCUT2D eigenvalue weighted by atomic mass is 9.89. The zero-order chi connectivity index (χ0) is 56.8. The highest BCUT2D eigenvalue weighted by molar-refractivity contribution is 5.98. The van der Waals surface area contributed by atoms with Crippen LogP contribution in [0.25, 0.3) is 0 Å². The topological polar surface area (TPSA) is 214 Å². The molecule has 2 aliphatic heterocycles. The van der Waals surface area contributed by atoms with Crippen LogP contribution in [0.2, 0.25) is 0 Å². The number of piperidine rings is 1. The molecule has 2 heterocycles. The first-order valence-electron chi connectivity index (χ1n) is 27.8. The van der Waals surface area contributed by atoms with Gasteiger partial charge in [-0.2, -0.15) is 0 Å².